The summed E-state index contributed by atoms with van der Waals surface area (Å²) in [5, 5.41) is 0.693. The first-order chi connectivity index (χ1) is 6.24. The van der Waals surface area contributed by atoms with Crippen LogP contribution in [0.1, 0.15) is 31.9 Å². The van der Waals surface area contributed by atoms with Crippen LogP contribution in [0.25, 0.3) is 0 Å². The molecule has 0 aliphatic rings. The van der Waals surface area contributed by atoms with E-state index in [1.165, 1.54) is 6.42 Å². The van der Waals surface area contributed by atoms with Crippen molar-refractivity contribution in [3.05, 3.63) is 24.2 Å². The van der Waals surface area contributed by atoms with Crippen molar-refractivity contribution in [2.24, 2.45) is 5.73 Å². The molecular weight excluding hydrogens is 182 g/mol. The molecule has 1 rings (SSSR count). The van der Waals surface area contributed by atoms with Gasteiger partial charge in [0.2, 0.25) is 0 Å². The highest BCUT2D eigenvalue weighted by Gasteiger charge is 2.08. The molecule has 0 bridgehead atoms. The van der Waals surface area contributed by atoms with Gasteiger partial charge in [-0.25, -0.2) is 0 Å². The van der Waals surface area contributed by atoms with Crippen LogP contribution in [0.3, 0.4) is 0 Å². The quantitative estimate of drug-likeness (QED) is 0.792. The Hall–Kier alpha value is -0.410. The maximum Gasteiger partial charge on any atom is 0.0950 e. The van der Waals surface area contributed by atoms with Crippen LogP contribution in [-0.2, 0) is 0 Å². The number of hydrogen-bond donors (Lipinski definition) is 1. The van der Waals surface area contributed by atoms with Crippen LogP contribution < -0.4 is 5.73 Å². The second kappa shape index (κ2) is 5.35. The van der Waals surface area contributed by atoms with Crippen molar-refractivity contribution in [2.75, 3.05) is 5.75 Å². The van der Waals surface area contributed by atoms with Gasteiger partial charge in [0.15, 0.2) is 0 Å². The van der Waals surface area contributed by atoms with Gasteiger partial charge in [-0.15, -0.1) is 0 Å². The SMILES string of the molecule is CCC(C)SCC(N)c1ccoc1. The molecule has 2 atom stereocenters. The van der Waals surface area contributed by atoms with Crippen molar-refractivity contribution < 1.29 is 4.42 Å². The minimum absolute atomic E-state index is 0.109. The Kier molecular flexibility index (Phi) is 4.39. The number of rotatable bonds is 5. The molecule has 0 aliphatic heterocycles. The van der Waals surface area contributed by atoms with E-state index in [9.17, 15) is 0 Å². The fourth-order valence-corrected chi connectivity index (χ4v) is 1.93. The molecule has 0 aliphatic carbocycles. The summed E-state index contributed by atoms with van der Waals surface area (Å²) in [6.45, 7) is 4.42. The van der Waals surface area contributed by atoms with Crippen molar-refractivity contribution in [1.82, 2.24) is 0 Å². The average molecular weight is 199 g/mol. The summed E-state index contributed by atoms with van der Waals surface area (Å²) in [5.41, 5.74) is 7.05. The molecular formula is C10H17NOS. The molecule has 1 aromatic rings. The van der Waals surface area contributed by atoms with Crippen molar-refractivity contribution in [2.45, 2.75) is 31.6 Å². The van der Waals surface area contributed by atoms with Crippen LogP contribution in [0, 0.1) is 0 Å². The molecule has 3 heteroatoms. The van der Waals surface area contributed by atoms with Crippen LogP contribution in [-0.4, -0.2) is 11.0 Å². The van der Waals surface area contributed by atoms with E-state index in [1.54, 1.807) is 12.5 Å². The van der Waals surface area contributed by atoms with Gasteiger partial charge in [0.05, 0.1) is 12.5 Å². The van der Waals surface area contributed by atoms with Crippen LogP contribution in [0.15, 0.2) is 23.0 Å². The zero-order valence-electron chi connectivity index (χ0n) is 8.19. The summed E-state index contributed by atoms with van der Waals surface area (Å²) in [4.78, 5) is 0. The monoisotopic (exact) mass is 199 g/mol. The summed E-state index contributed by atoms with van der Waals surface area (Å²) < 4.78 is 4.98. The van der Waals surface area contributed by atoms with Gasteiger partial charge in [0.1, 0.15) is 0 Å². The molecule has 0 fully saturated rings. The third-order valence-electron chi connectivity index (χ3n) is 2.11. The molecule has 0 radical (unpaired) electrons. The molecule has 13 heavy (non-hydrogen) atoms. The molecule has 0 aromatic carbocycles. The molecule has 2 unspecified atom stereocenters. The summed E-state index contributed by atoms with van der Waals surface area (Å²) in [5.74, 6) is 0.967. The van der Waals surface area contributed by atoms with Crippen LogP contribution >= 0.6 is 11.8 Å². The first-order valence-electron chi connectivity index (χ1n) is 4.63. The predicted octanol–water partition coefficient (Wildman–Crippen LogP) is 2.81. The molecule has 0 saturated heterocycles. The van der Waals surface area contributed by atoms with E-state index in [2.05, 4.69) is 13.8 Å². The predicted molar refractivity (Wildman–Crippen MR) is 57.8 cm³/mol. The number of furan rings is 1. The third kappa shape index (κ3) is 3.44. The molecule has 0 spiro atoms. The number of thioether (sulfide) groups is 1. The minimum Gasteiger partial charge on any atom is -0.472 e. The van der Waals surface area contributed by atoms with Crippen molar-refractivity contribution >= 4 is 11.8 Å². The first kappa shape index (κ1) is 10.7. The van der Waals surface area contributed by atoms with Crippen molar-refractivity contribution in [3.63, 3.8) is 0 Å². The Morgan fingerprint density at radius 2 is 2.38 bits per heavy atom. The molecule has 2 N–H and O–H groups in total. The lowest BCUT2D eigenvalue weighted by molar-refractivity contribution is 0.561. The van der Waals surface area contributed by atoms with Gasteiger partial charge in [-0.05, 0) is 12.5 Å². The molecule has 74 valence electrons. The summed E-state index contributed by atoms with van der Waals surface area (Å²) >= 11 is 1.92. The van der Waals surface area contributed by atoms with Gasteiger partial charge in [-0.2, -0.15) is 11.8 Å². The topological polar surface area (TPSA) is 39.2 Å². The van der Waals surface area contributed by atoms with Gasteiger partial charge in [0, 0.05) is 22.6 Å². The second-order valence-corrected chi connectivity index (χ2v) is 4.69. The zero-order chi connectivity index (χ0) is 9.68. The fourth-order valence-electron chi connectivity index (χ4n) is 0.968. The Morgan fingerprint density at radius 3 is 2.92 bits per heavy atom. The highest BCUT2D eigenvalue weighted by atomic mass is 32.2. The van der Waals surface area contributed by atoms with Gasteiger partial charge >= 0.3 is 0 Å². The standard InChI is InChI=1S/C10H17NOS/c1-3-8(2)13-7-10(11)9-4-5-12-6-9/h4-6,8,10H,3,7,11H2,1-2H3. The average Bonchev–Trinajstić information content (AvgIpc) is 2.66. The Labute approximate surface area is 83.9 Å². The molecule has 2 nitrogen and oxygen atoms in total. The van der Waals surface area contributed by atoms with E-state index in [0.717, 1.165) is 11.3 Å². The van der Waals surface area contributed by atoms with E-state index in [-0.39, 0.29) is 6.04 Å². The van der Waals surface area contributed by atoms with E-state index in [4.69, 9.17) is 10.2 Å². The smallest absolute Gasteiger partial charge is 0.0950 e. The summed E-state index contributed by atoms with van der Waals surface area (Å²) in [7, 11) is 0. The third-order valence-corrected chi connectivity index (χ3v) is 3.56. The van der Waals surface area contributed by atoms with Crippen molar-refractivity contribution in [3.8, 4) is 0 Å². The summed E-state index contributed by atoms with van der Waals surface area (Å²) in [6.07, 6.45) is 4.59. The Balaban J connectivity index is 2.30. The van der Waals surface area contributed by atoms with Gasteiger partial charge in [-0.1, -0.05) is 13.8 Å². The van der Waals surface area contributed by atoms with Crippen LogP contribution in [0.4, 0.5) is 0 Å². The molecule has 1 aromatic heterocycles. The maximum atomic E-state index is 5.96. The lowest BCUT2D eigenvalue weighted by Crippen LogP contribution is -2.13. The fraction of sp³-hybridized carbons (Fsp3) is 0.600. The van der Waals surface area contributed by atoms with Gasteiger partial charge in [0.25, 0.3) is 0 Å². The van der Waals surface area contributed by atoms with E-state index in [1.807, 2.05) is 17.8 Å². The van der Waals surface area contributed by atoms with Crippen LogP contribution in [0.2, 0.25) is 0 Å². The normalized spacial score (nSPS) is 15.6. The number of hydrogen-bond acceptors (Lipinski definition) is 3. The lowest BCUT2D eigenvalue weighted by Gasteiger charge is -2.12. The largest absolute Gasteiger partial charge is 0.472 e. The van der Waals surface area contributed by atoms with Gasteiger partial charge in [-0.3, -0.25) is 0 Å². The second-order valence-electron chi connectivity index (χ2n) is 3.22. The van der Waals surface area contributed by atoms with E-state index >= 15 is 0 Å². The highest BCUT2D eigenvalue weighted by molar-refractivity contribution is 7.99. The van der Waals surface area contributed by atoms with E-state index in [0.29, 0.717) is 5.25 Å². The molecule has 0 saturated carbocycles. The molecule has 0 amide bonds. The zero-order valence-corrected chi connectivity index (χ0v) is 9.01. The minimum atomic E-state index is 0.109. The van der Waals surface area contributed by atoms with Crippen LogP contribution in [0.5, 0.6) is 0 Å². The van der Waals surface area contributed by atoms with Gasteiger partial charge < -0.3 is 10.2 Å². The van der Waals surface area contributed by atoms with Crippen molar-refractivity contribution in [1.29, 1.82) is 0 Å². The first-order valence-corrected chi connectivity index (χ1v) is 5.68. The Morgan fingerprint density at radius 1 is 1.62 bits per heavy atom. The summed E-state index contributed by atoms with van der Waals surface area (Å²) in [6, 6.07) is 2.04. The lowest BCUT2D eigenvalue weighted by atomic mass is 10.2. The molecule has 1 heterocycles. The maximum absolute atomic E-state index is 5.96. The Bertz CT molecular complexity index is 223. The highest BCUT2D eigenvalue weighted by Crippen LogP contribution is 2.20. The number of nitrogens with two attached hydrogens (primary N) is 1. The van der Waals surface area contributed by atoms with E-state index < -0.39 is 0 Å².